The Balaban J connectivity index is 2.12. The zero-order valence-corrected chi connectivity index (χ0v) is 13.5. The maximum absolute atomic E-state index is 6.07. The number of ether oxygens (including phenoxy) is 2. The van der Waals surface area contributed by atoms with Crippen LogP contribution in [0.1, 0.15) is 32.8 Å². The minimum absolute atomic E-state index is 0.552. The second-order valence-electron chi connectivity index (χ2n) is 4.83. The average Bonchev–Trinajstić information content (AvgIpc) is 2.47. The summed E-state index contributed by atoms with van der Waals surface area (Å²) >= 11 is 6.07. The van der Waals surface area contributed by atoms with Crippen LogP contribution in [-0.4, -0.2) is 32.4 Å². The van der Waals surface area contributed by atoms with E-state index in [1.807, 2.05) is 18.2 Å². The lowest BCUT2D eigenvalue weighted by atomic mass is 10.1. The van der Waals surface area contributed by atoms with Crippen molar-refractivity contribution in [2.75, 3.05) is 26.4 Å². The standard InChI is InChI=1S/C16H26ClNO2/c1-4-13(3)18-8-9-19-10-11-20-15-6-7-16(17)14(5-2)12-15/h6-7,12-13,18H,4-5,8-11H2,1-3H3. The Bertz CT molecular complexity index is 385. The fraction of sp³-hybridized carbons (Fsp3) is 0.625. The fourth-order valence-corrected chi connectivity index (χ4v) is 2.01. The maximum Gasteiger partial charge on any atom is 0.119 e. The molecule has 0 saturated heterocycles. The van der Waals surface area contributed by atoms with E-state index in [4.69, 9.17) is 21.1 Å². The molecule has 4 heteroatoms. The molecule has 0 aliphatic rings. The third-order valence-electron chi connectivity index (χ3n) is 3.25. The number of hydrogen-bond acceptors (Lipinski definition) is 3. The highest BCUT2D eigenvalue weighted by Gasteiger charge is 2.01. The molecular weight excluding hydrogens is 274 g/mol. The van der Waals surface area contributed by atoms with Crippen LogP contribution in [0.4, 0.5) is 0 Å². The van der Waals surface area contributed by atoms with Gasteiger partial charge in [0.05, 0.1) is 13.2 Å². The molecule has 0 saturated carbocycles. The van der Waals surface area contributed by atoms with Crippen LogP contribution < -0.4 is 10.1 Å². The molecule has 20 heavy (non-hydrogen) atoms. The monoisotopic (exact) mass is 299 g/mol. The third kappa shape index (κ3) is 6.60. The minimum Gasteiger partial charge on any atom is -0.491 e. The number of aryl methyl sites for hydroxylation is 1. The van der Waals surface area contributed by atoms with Crippen LogP contribution in [0.5, 0.6) is 5.75 Å². The second kappa shape index (κ2) is 10.0. The molecule has 0 aliphatic carbocycles. The Hall–Kier alpha value is -0.770. The zero-order chi connectivity index (χ0) is 14.8. The molecule has 1 aromatic rings. The highest BCUT2D eigenvalue weighted by Crippen LogP contribution is 2.22. The van der Waals surface area contributed by atoms with Gasteiger partial charge in [-0.2, -0.15) is 0 Å². The zero-order valence-electron chi connectivity index (χ0n) is 12.7. The first kappa shape index (κ1) is 17.3. The first-order chi connectivity index (χ1) is 9.67. The molecule has 0 radical (unpaired) electrons. The summed E-state index contributed by atoms with van der Waals surface area (Å²) in [5.74, 6) is 0.854. The van der Waals surface area contributed by atoms with Crippen molar-refractivity contribution >= 4 is 11.6 Å². The van der Waals surface area contributed by atoms with Gasteiger partial charge in [0.15, 0.2) is 0 Å². The van der Waals surface area contributed by atoms with Crippen molar-refractivity contribution in [1.82, 2.24) is 5.32 Å². The van der Waals surface area contributed by atoms with E-state index >= 15 is 0 Å². The van der Waals surface area contributed by atoms with E-state index in [1.165, 1.54) is 0 Å². The summed E-state index contributed by atoms with van der Waals surface area (Å²) in [7, 11) is 0. The van der Waals surface area contributed by atoms with Crippen molar-refractivity contribution in [3.05, 3.63) is 28.8 Å². The molecule has 114 valence electrons. The molecule has 0 fully saturated rings. The van der Waals surface area contributed by atoms with E-state index in [9.17, 15) is 0 Å². The summed E-state index contributed by atoms with van der Waals surface area (Å²) in [6.45, 7) is 9.20. The predicted octanol–water partition coefficient (Wildman–Crippen LogP) is 3.69. The quantitative estimate of drug-likeness (QED) is 0.669. The Kier molecular flexibility index (Phi) is 8.67. The van der Waals surface area contributed by atoms with Crippen LogP contribution in [0.3, 0.4) is 0 Å². The van der Waals surface area contributed by atoms with Crippen molar-refractivity contribution in [1.29, 1.82) is 0 Å². The number of hydrogen-bond donors (Lipinski definition) is 1. The van der Waals surface area contributed by atoms with E-state index in [-0.39, 0.29) is 0 Å². The Morgan fingerprint density at radius 2 is 2.00 bits per heavy atom. The largest absolute Gasteiger partial charge is 0.491 e. The van der Waals surface area contributed by atoms with Crippen LogP contribution >= 0.6 is 11.6 Å². The number of halogens is 1. The smallest absolute Gasteiger partial charge is 0.119 e. The lowest BCUT2D eigenvalue weighted by Gasteiger charge is -2.12. The number of benzene rings is 1. The molecular formula is C16H26ClNO2. The van der Waals surface area contributed by atoms with Gasteiger partial charge in [-0.05, 0) is 43.5 Å². The molecule has 1 aromatic carbocycles. The van der Waals surface area contributed by atoms with Crippen LogP contribution in [-0.2, 0) is 11.2 Å². The summed E-state index contributed by atoms with van der Waals surface area (Å²) < 4.78 is 11.2. The van der Waals surface area contributed by atoms with E-state index in [0.29, 0.717) is 25.9 Å². The molecule has 3 nitrogen and oxygen atoms in total. The van der Waals surface area contributed by atoms with Gasteiger partial charge in [0.2, 0.25) is 0 Å². The molecule has 0 aromatic heterocycles. The SMILES string of the molecule is CCc1cc(OCCOCCNC(C)CC)ccc1Cl. The van der Waals surface area contributed by atoms with E-state index < -0.39 is 0 Å². The molecule has 0 amide bonds. The van der Waals surface area contributed by atoms with Gasteiger partial charge in [-0.25, -0.2) is 0 Å². The van der Waals surface area contributed by atoms with E-state index in [0.717, 1.165) is 35.7 Å². The van der Waals surface area contributed by atoms with Gasteiger partial charge in [0.25, 0.3) is 0 Å². The van der Waals surface area contributed by atoms with Crippen LogP contribution in [0, 0.1) is 0 Å². The molecule has 0 spiro atoms. The molecule has 1 N–H and O–H groups in total. The van der Waals surface area contributed by atoms with Crippen molar-refractivity contribution in [3.63, 3.8) is 0 Å². The highest BCUT2D eigenvalue weighted by molar-refractivity contribution is 6.31. The highest BCUT2D eigenvalue weighted by atomic mass is 35.5. The van der Waals surface area contributed by atoms with Crippen LogP contribution in [0.15, 0.2) is 18.2 Å². The number of rotatable bonds is 10. The summed E-state index contributed by atoms with van der Waals surface area (Å²) in [5.41, 5.74) is 1.11. The lowest BCUT2D eigenvalue weighted by molar-refractivity contribution is 0.100. The van der Waals surface area contributed by atoms with E-state index in [2.05, 4.69) is 26.1 Å². The maximum atomic E-state index is 6.07. The second-order valence-corrected chi connectivity index (χ2v) is 5.24. The van der Waals surface area contributed by atoms with Gasteiger partial charge in [-0.3, -0.25) is 0 Å². The fourth-order valence-electron chi connectivity index (χ4n) is 1.75. The topological polar surface area (TPSA) is 30.5 Å². The van der Waals surface area contributed by atoms with E-state index in [1.54, 1.807) is 0 Å². The van der Waals surface area contributed by atoms with Crippen molar-refractivity contribution in [3.8, 4) is 5.75 Å². The van der Waals surface area contributed by atoms with Crippen molar-refractivity contribution in [2.45, 2.75) is 39.7 Å². The summed E-state index contributed by atoms with van der Waals surface area (Å²) in [6, 6.07) is 6.32. The van der Waals surface area contributed by atoms with Crippen LogP contribution in [0.2, 0.25) is 5.02 Å². The summed E-state index contributed by atoms with van der Waals surface area (Å²) in [6.07, 6.45) is 2.05. The Morgan fingerprint density at radius 3 is 2.70 bits per heavy atom. The van der Waals surface area contributed by atoms with Gasteiger partial charge < -0.3 is 14.8 Å². The molecule has 0 aliphatic heterocycles. The average molecular weight is 300 g/mol. The Labute approximate surface area is 127 Å². The lowest BCUT2D eigenvalue weighted by Crippen LogP contribution is -2.29. The van der Waals surface area contributed by atoms with Gasteiger partial charge in [0, 0.05) is 17.6 Å². The van der Waals surface area contributed by atoms with Crippen molar-refractivity contribution < 1.29 is 9.47 Å². The molecule has 1 unspecified atom stereocenters. The minimum atomic E-state index is 0.552. The first-order valence-electron chi connectivity index (χ1n) is 7.39. The normalized spacial score (nSPS) is 12.4. The van der Waals surface area contributed by atoms with Gasteiger partial charge in [-0.1, -0.05) is 25.4 Å². The third-order valence-corrected chi connectivity index (χ3v) is 3.61. The molecule has 0 heterocycles. The summed E-state index contributed by atoms with van der Waals surface area (Å²) in [4.78, 5) is 0. The van der Waals surface area contributed by atoms with Crippen molar-refractivity contribution in [2.24, 2.45) is 0 Å². The van der Waals surface area contributed by atoms with Gasteiger partial charge in [-0.15, -0.1) is 0 Å². The van der Waals surface area contributed by atoms with Gasteiger partial charge >= 0.3 is 0 Å². The molecule has 1 rings (SSSR count). The summed E-state index contributed by atoms with van der Waals surface area (Å²) in [5, 5.41) is 4.18. The molecule has 0 bridgehead atoms. The first-order valence-corrected chi connectivity index (χ1v) is 7.77. The molecule has 1 atom stereocenters. The van der Waals surface area contributed by atoms with Crippen LogP contribution in [0.25, 0.3) is 0 Å². The van der Waals surface area contributed by atoms with Gasteiger partial charge in [0.1, 0.15) is 12.4 Å². The number of nitrogens with one attached hydrogen (secondary N) is 1. The Morgan fingerprint density at radius 1 is 1.20 bits per heavy atom. The predicted molar refractivity (Wildman–Crippen MR) is 84.9 cm³/mol.